The summed E-state index contributed by atoms with van der Waals surface area (Å²) in [6.45, 7) is 3.30. The van der Waals surface area contributed by atoms with Crippen LogP contribution in [0.15, 0.2) is 47.0 Å². The molecular formula is C27H30N4O6. The third kappa shape index (κ3) is 4.76. The zero-order chi connectivity index (χ0) is 25.9. The van der Waals surface area contributed by atoms with E-state index in [9.17, 15) is 14.7 Å². The van der Waals surface area contributed by atoms with E-state index in [1.165, 1.54) is 4.90 Å². The Morgan fingerprint density at radius 1 is 1.19 bits per heavy atom. The maximum Gasteiger partial charge on any atom is 0.255 e. The van der Waals surface area contributed by atoms with Crippen LogP contribution in [0, 0.1) is 0 Å². The molecule has 1 fully saturated rings. The summed E-state index contributed by atoms with van der Waals surface area (Å²) in [4.78, 5) is 33.9. The SMILES string of the molecule is CCOc1ccc(-c2noc(C3CCN(C(=O)C(CO)N4Cc5ccccc5C4=O)CC3)n2)cc1OC. The number of aliphatic hydroxyl groups is 1. The van der Waals surface area contributed by atoms with Gasteiger partial charge in [-0.1, -0.05) is 23.4 Å². The molecule has 10 heteroatoms. The summed E-state index contributed by atoms with van der Waals surface area (Å²) in [5.41, 5.74) is 2.21. The van der Waals surface area contributed by atoms with E-state index in [0.717, 1.165) is 11.1 Å². The van der Waals surface area contributed by atoms with Crippen molar-refractivity contribution in [1.82, 2.24) is 19.9 Å². The van der Waals surface area contributed by atoms with Gasteiger partial charge in [-0.25, -0.2) is 0 Å². The molecular weight excluding hydrogens is 476 g/mol. The summed E-state index contributed by atoms with van der Waals surface area (Å²) in [6.07, 6.45) is 1.29. The maximum atomic E-state index is 13.3. The van der Waals surface area contributed by atoms with E-state index in [2.05, 4.69) is 10.1 Å². The number of nitrogens with zero attached hydrogens (tertiary/aromatic N) is 4. The molecule has 1 saturated heterocycles. The fraction of sp³-hybridized carbons (Fsp3) is 0.407. The van der Waals surface area contributed by atoms with Gasteiger partial charge in [0.2, 0.25) is 17.6 Å². The van der Waals surface area contributed by atoms with Crippen LogP contribution in [0.25, 0.3) is 11.4 Å². The number of hydrogen-bond acceptors (Lipinski definition) is 8. The third-order valence-electron chi connectivity index (χ3n) is 7.00. The number of carbonyl (C=O) groups is 2. The largest absolute Gasteiger partial charge is 0.493 e. The summed E-state index contributed by atoms with van der Waals surface area (Å²) in [7, 11) is 1.58. The van der Waals surface area contributed by atoms with Crippen LogP contribution < -0.4 is 9.47 Å². The number of ether oxygens (including phenoxy) is 2. The molecule has 37 heavy (non-hydrogen) atoms. The van der Waals surface area contributed by atoms with Gasteiger partial charge in [0.15, 0.2) is 11.5 Å². The number of amides is 2. The van der Waals surface area contributed by atoms with Crippen molar-refractivity contribution in [2.24, 2.45) is 0 Å². The van der Waals surface area contributed by atoms with E-state index in [1.54, 1.807) is 24.1 Å². The first kappa shape index (κ1) is 24.8. The van der Waals surface area contributed by atoms with Crippen LogP contribution in [-0.4, -0.2) is 76.3 Å². The molecule has 10 nitrogen and oxygen atoms in total. The van der Waals surface area contributed by atoms with Gasteiger partial charge in [0, 0.05) is 36.7 Å². The molecule has 2 amide bonds. The van der Waals surface area contributed by atoms with Gasteiger partial charge in [0.1, 0.15) is 6.04 Å². The molecule has 2 aliphatic rings. The van der Waals surface area contributed by atoms with Gasteiger partial charge in [-0.3, -0.25) is 9.59 Å². The average molecular weight is 507 g/mol. The highest BCUT2D eigenvalue weighted by molar-refractivity contribution is 6.01. The number of benzene rings is 2. The van der Waals surface area contributed by atoms with Gasteiger partial charge >= 0.3 is 0 Å². The smallest absolute Gasteiger partial charge is 0.255 e. The van der Waals surface area contributed by atoms with Crippen molar-refractivity contribution >= 4 is 11.8 Å². The Balaban J connectivity index is 1.22. The summed E-state index contributed by atoms with van der Waals surface area (Å²) in [5, 5.41) is 14.2. The molecule has 1 unspecified atom stereocenters. The standard InChI is InChI=1S/C27H30N4O6/c1-3-36-22-9-8-18(14-23(22)35-2)24-28-25(37-29-24)17-10-12-30(13-11-17)27(34)21(16-32)31-15-19-6-4-5-7-20(19)26(31)33/h4-9,14,17,21,32H,3,10-13,15-16H2,1-2H3. The van der Waals surface area contributed by atoms with Crippen molar-refractivity contribution in [3.63, 3.8) is 0 Å². The zero-order valence-electron chi connectivity index (χ0n) is 20.9. The second-order valence-corrected chi connectivity index (χ2v) is 9.14. The number of aromatic nitrogens is 2. The second-order valence-electron chi connectivity index (χ2n) is 9.14. The lowest BCUT2D eigenvalue weighted by molar-refractivity contribution is -0.138. The summed E-state index contributed by atoms with van der Waals surface area (Å²) in [5.74, 6) is 1.78. The predicted octanol–water partition coefficient (Wildman–Crippen LogP) is 2.87. The van der Waals surface area contributed by atoms with Crippen LogP contribution in [0.4, 0.5) is 0 Å². The Morgan fingerprint density at radius 2 is 1.97 bits per heavy atom. The summed E-state index contributed by atoms with van der Waals surface area (Å²) in [6, 6.07) is 11.9. The van der Waals surface area contributed by atoms with Gasteiger partial charge in [-0.05, 0) is 49.6 Å². The number of carbonyl (C=O) groups excluding carboxylic acids is 2. The summed E-state index contributed by atoms with van der Waals surface area (Å²) < 4.78 is 16.6. The van der Waals surface area contributed by atoms with Gasteiger partial charge in [-0.15, -0.1) is 0 Å². The number of piperidine rings is 1. The lowest BCUT2D eigenvalue weighted by atomic mass is 9.96. The fourth-order valence-corrected chi connectivity index (χ4v) is 5.00. The molecule has 3 heterocycles. The number of rotatable bonds is 8. The van der Waals surface area contributed by atoms with E-state index >= 15 is 0 Å². The predicted molar refractivity (Wildman–Crippen MR) is 133 cm³/mol. The molecule has 1 atom stereocenters. The lowest BCUT2D eigenvalue weighted by Gasteiger charge is -2.35. The van der Waals surface area contributed by atoms with Crippen molar-refractivity contribution in [3.05, 3.63) is 59.5 Å². The quantitative estimate of drug-likeness (QED) is 0.496. The number of fused-ring (bicyclic) bond motifs is 1. The molecule has 0 bridgehead atoms. The number of likely N-dealkylation sites (tertiary alicyclic amines) is 1. The van der Waals surface area contributed by atoms with E-state index in [1.807, 2.05) is 37.3 Å². The molecule has 0 aliphatic carbocycles. The highest BCUT2D eigenvalue weighted by Crippen LogP contribution is 2.34. The molecule has 2 aromatic carbocycles. The molecule has 1 N–H and O–H groups in total. The van der Waals surface area contributed by atoms with Crippen LogP contribution >= 0.6 is 0 Å². The van der Waals surface area contributed by atoms with Crippen LogP contribution in [0.3, 0.4) is 0 Å². The van der Waals surface area contributed by atoms with Gasteiger partial charge in [-0.2, -0.15) is 4.98 Å². The minimum atomic E-state index is -0.902. The first-order chi connectivity index (χ1) is 18.0. The number of methoxy groups -OCH3 is 1. The number of hydrogen-bond donors (Lipinski definition) is 1. The maximum absolute atomic E-state index is 13.3. The summed E-state index contributed by atoms with van der Waals surface area (Å²) >= 11 is 0. The molecule has 0 spiro atoms. The van der Waals surface area contributed by atoms with Crippen LogP contribution in [0.1, 0.15) is 47.5 Å². The van der Waals surface area contributed by atoms with Crippen molar-refractivity contribution in [3.8, 4) is 22.9 Å². The monoisotopic (exact) mass is 506 g/mol. The molecule has 194 valence electrons. The van der Waals surface area contributed by atoms with Crippen LogP contribution in [0.5, 0.6) is 11.5 Å². The third-order valence-corrected chi connectivity index (χ3v) is 7.00. The van der Waals surface area contributed by atoms with Crippen LogP contribution in [0.2, 0.25) is 0 Å². The van der Waals surface area contributed by atoms with Crippen molar-refractivity contribution in [1.29, 1.82) is 0 Å². The second kappa shape index (κ2) is 10.6. The highest BCUT2D eigenvalue weighted by atomic mass is 16.5. The van der Waals surface area contributed by atoms with E-state index in [4.69, 9.17) is 14.0 Å². The molecule has 0 radical (unpaired) electrons. The first-order valence-corrected chi connectivity index (χ1v) is 12.5. The van der Waals surface area contributed by atoms with E-state index < -0.39 is 12.6 Å². The Hall–Kier alpha value is -3.92. The average Bonchev–Trinajstić information content (AvgIpc) is 3.55. The molecule has 1 aromatic heterocycles. The van der Waals surface area contributed by atoms with Crippen LogP contribution in [-0.2, 0) is 11.3 Å². The van der Waals surface area contributed by atoms with E-state index in [0.29, 0.717) is 67.9 Å². The van der Waals surface area contributed by atoms with E-state index in [-0.39, 0.29) is 17.7 Å². The van der Waals surface area contributed by atoms with Gasteiger partial charge in [0.05, 0.1) is 20.3 Å². The minimum absolute atomic E-state index is 0.0140. The Morgan fingerprint density at radius 3 is 2.68 bits per heavy atom. The topological polar surface area (TPSA) is 118 Å². The van der Waals surface area contributed by atoms with Crippen molar-refractivity contribution < 1.29 is 28.7 Å². The Labute approximate surface area is 214 Å². The van der Waals surface area contributed by atoms with Gasteiger partial charge < -0.3 is 28.9 Å². The zero-order valence-corrected chi connectivity index (χ0v) is 20.9. The van der Waals surface area contributed by atoms with Gasteiger partial charge in [0.25, 0.3) is 5.91 Å². The van der Waals surface area contributed by atoms with Crippen molar-refractivity contribution in [2.75, 3.05) is 33.4 Å². The Bertz CT molecular complexity index is 1280. The number of aliphatic hydroxyl groups excluding tert-OH is 1. The Kier molecular flexibility index (Phi) is 7.09. The highest BCUT2D eigenvalue weighted by Gasteiger charge is 2.39. The minimum Gasteiger partial charge on any atom is -0.493 e. The first-order valence-electron chi connectivity index (χ1n) is 12.5. The molecule has 2 aliphatic heterocycles. The normalized spacial score (nSPS) is 16.6. The fourth-order valence-electron chi connectivity index (χ4n) is 5.00. The molecule has 5 rings (SSSR count). The molecule has 3 aromatic rings. The van der Waals surface area contributed by atoms with Crippen molar-refractivity contribution in [2.45, 2.75) is 38.3 Å². The lowest BCUT2D eigenvalue weighted by Crippen LogP contribution is -2.52. The molecule has 0 saturated carbocycles.